The lowest BCUT2D eigenvalue weighted by Crippen LogP contribution is -2.25. The first kappa shape index (κ1) is 6.35. The Hall–Kier alpha value is 0.230. The first-order valence-electron chi connectivity index (χ1n) is 2.49. The van der Waals surface area contributed by atoms with Gasteiger partial charge >= 0.3 is 0 Å². The van der Waals surface area contributed by atoms with E-state index in [2.05, 4.69) is 32.6 Å². The zero-order valence-electron chi connectivity index (χ0n) is 4.56. The minimum Gasteiger partial charge on any atom is -0.373 e. The van der Waals surface area contributed by atoms with E-state index in [1.54, 1.807) is 0 Å². The number of ether oxygens (including phenoxy) is 1. The summed E-state index contributed by atoms with van der Waals surface area (Å²) in [4.78, 5) is 0. The highest BCUT2D eigenvalue weighted by Gasteiger charge is 2.08. The predicted molar refractivity (Wildman–Crippen MR) is 40.7 cm³/mol. The molecule has 0 bridgehead atoms. The van der Waals surface area contributed by atoms with Crippen LogP contribution in [0, 0.1) is 0 Å². The van der Waals surface area contributed by atoms with Crippen LogP contribution in [0.5, 0.6) is 0 Å². The topological polar surface area (TPSA) is 12.5 Å². The minimum absolute atomic E-state index is 0.697. The number of hydrogen-bond acceptors (Lipinski definition) is 2. The van der Waals surface area contributed by atoms with Crippen LogP contribution in [-0.4, -0.2) is 22.9 Å². The number of hydrogen-bond donors (Lipinski definition) is 0. The minimum atomic E-state index is 0.697. The maximum Gasteiger partial charge on any atom is 0.0866 e. The van der Waals surface area contributed by atoms with Gasteiger partial charge in [0, 0.05) is 5.70 Å². The van der Waals surface area contributed by atoms with Crippen LogP contribution in [0.4, 0.5) is 0 Å². The zero-order chi connectivity index (χ0) is 5.98. The Kier molecular flexibility index (Phi) is 2.13. The van der Waals surface area contributed by atoms with Crippen LogP contribution in [0.15, 0.2) is 12.3 Å². The van der Waals surface area contributed by atoms with Crippen LogP contribution in [0.3, 0.4) is 0 Å². The van der Waals surface area contributed by atoms with Crippen molar-refractivity contribution in [1.82, 2.24) is 3.11 Å². The first-order valence-corrected chi connectivity index (χ1v) is 3.46. The molecular formula is C5H8INO. The molecule has 1 rings (SSSR count). The maximum atomic E-state index is 5.11. The molecule has 8 heavy (non-hydrogen) atoms. The largest absolute Gasteiger partial charge is 0.373 e. The molecule has 0 atom stereocenters. The highest BCUT2D eigenvalue weighted by molar-refractivity contribution is 14.1. The number of rotatable bonds is 0. The normalized spacial score (nSPS) is 21.6. The van der Waals surface area contributed by atoms with Gasteiger partial charge in [0.1, 0.15) is 0 Å². The summed E-state index contributed by atoms with van der Waals surface area (Å²) >= 11 is 2.24. The Labute approximate surface area is 63.0 Å². The highest BCUT2D eigenvalue weighted by atomic mass is 127. The van der Waals surface area contributed by atoms with E-state index in [1.807, 2.05) is 0 Å². The lowest BCUT2D eigenvalue weighted by molar-refractivity contribution is 0.112. The van der Waals surface area contributed by atoms with Crippen molar-refractivity contribution in [2.45, 2.75) is 0 Å². The molecule has 1 saturated heterocycles. The van der Waals surface area contributed by atoms with E-state index in [4.69, 9.17) is 4.74 Å². The summed E-state index contributed by atoms with van der Waals surface area (Å²) in [6, 6.07) is 0. The van der Waals surface area contributed by atoms with Gasteiger partial charge in [0.25, 0.3) is 0 Å². The van der Waals surface area contributed by atoms with Crippen LogP contribution in [0.1, 0.15) is 0 Å². The van der Waals surface area contributed by atoms with Crippen LogP contribution in [-0.2, 0) is 4.74 Å². The van der Waals surface area contributed by atoms with Gasteiger partial charge in [-0.3, -0.25) is 0 Å². The van der Waals surface area contributed by atoms with Gasteiger partial charge in [-0.2, -0.15) is 0 Å². The summed E-state index contributed by atoms with van der Waals surface area (Å²) in [6.45, 7) is 6.29. The van der Waals surface area contributed by atoms with Gasteiger partial charge in [0.15, 0.2) is 0 Å². The summed E-state index contributed by atoms with van der Waals surface area (Å²) in [5.74, 6) is 0. The number of morpholine rings is 1. The molecule has 1 fully saturated rings. The second-order valence-corrected chi connectivity index (χ2v) is 2.87. The summed E-state index contributed by atoms with van der Waals surface area (Å²) < 4.78 is 7.19. The third kappa shape index (κ3) is 1.35. The molecule has 1 aliphatic heterocycles. The van der Waals surface area contributed by atoms with Crippen molar-refractivity contribution >= 4 is 22.9 Å². The lowest BCUT2D eigenvalue weighted by Gasteiger charge is -2.23. The molecule has 1 heterocycles. The van der Waals surface area contributed by atoms with Crippen LogP contribution >= 0.6 is 22.9 Å². The van der Waals surface area contributed by atoms with Crippen molar-refractivity contribution in [2.24, 2.45) is 0 Å². The van der Waals surface area contributed by atoms with Crippen molar-refractivity contribution in [3.8, 4) is 0 Å². The highest BCUT2D eigenvalue weighted by Crippen LogP contribution is 2.12. The quantitative estimate of drug-likeness (QED) is 0.453. The summed E-state index contributed by atoms with van der Waals surface area (Å²) in [5.41, 5.74) is 1.07. The van der Waals surface area contributed by atoms with Gasteiger partial charge in [-0.25, -0.2) is 0 Å². The molecular weight excluding hydrogens is 217 g/mol. The number of nitrogens with zero attached hydrogens (tertiary/aromatic N) is 1. The Balaban J connectivity index is 2.39. The molecule has 0 aliphatic carbocycles. The smallest absolute Gasteiger partial charge is 0.0866 e. The van der Waals surface area contributed by atoms with Crippen molar-refractivity contribution in [1.29, 1.82) is 0 Å². The molecule has 0 aromatic carbocycles. The Morgan fingerprint density at radius 2 is 2.50 bits per heavy atom. The molecule has 2 nitrogen and oxygen atoms in total. The van der Waals surface area contributed by atoms with E-state index >= 15 is 0 Å². The standard InChI is InChI=1S/C5H8INO/c1-5-4-8-3-2-7(5)6/h1-4H2. The van der Waals surface area contributed by atoms with E-state index in [0.29, 0.717) is 6.61 Å². The molecule has 0 saturated carbocycles. The third-order valence-corrected chi connectivity index (χ3v) is 2.21. The van der Waals surface area contributed by atoms with Crippen LogP contribution in [0.2, 0.25) is 0 Å². The van der Waals surface area contributed by atoms with E-state index in [9.17, 15) is 0 Å². The van der Waals surface area contributed by atoms with E-state index in [1.165, 1.54) is 0 Å². The molecule has 0 N–H and O–H groups in total. The molecule has 3 heteroatoms. The van der Waals surface area contributed by atoms with Gasteiger partial charge in [-0.15, -0.1) is 0 Å². The monoisotopic (exact) mass is 225 g/mol. The van der Waals surface area contributed by atoms with Gasteiger partial charge < -0.3 is 7.85 Å². The second-order valence-electron chi connectivity index (χ2n) is 1.70. The van der Waals surface area contributed by atoms with Crippen LogP contribution in [0.25, 0.3) is 0 Å². The summed E-state index contributed by atoms with van der Waals surface area (Å²) in [5, 5.41) is 0. The summed E-state index contributed by atoms with van der Waals surface area (Å²) in [6.07, 6.45) is 0. The predicted octanol–water partition coefficient (Wildman–Crippen LogP) is 1.18. The SMILES string of the molecule is C=C1COCCN1I. The zero-order valence-corrected chi connectivity index (χ0v) is 6.72. The Morgan fingerprint density at radius 1 is 1.75 bits per heavy atom. The molecule has 0 radical (unpaired) electrons. The molecule has 46 valence electrons. The molecule has 0 aromatic rings. The van der Waals surface area contributed by atoms with E-state index in [-0.39, 0.29) is 0 Å². The average Bonchev–Trinajstić information content (AvgIpc) is 1.77. The molecule has 0 amide bonds. The molecule has 0 spiro atoms. The fourth-order valence-corrected chi connectivity index (χ4v) is 0.899. The molecule has 0 unspecified atom stereocenters. The Bertz CT molecular complexity index is 105. The fourth-order valence-electron chi connectivity index (χ4n) is 0.563. The van der Waals surface area contributed by atoms with Crippen LogP contribution < -0.4 is 0 Å². The van der Waals surface area contributed by atoms with Gasteiger partial charge in [0.2, 0.25) is 0 Å². The van der Waals surface area contributed by atoms with Crippen molar-refractivity contribution in [3.63, 3.8) is 0 Å². The summed E-state index contributed by atoms with van der Waals surface area (Å²) in [7, 11) is 0. The number of halogens is 1. The molecule has 1 aliphatic rings. The Morgan fingerprint density at radius 3 is 2.88 bits per heavy atom. The van der Waals surface area contributed by atoms with E-state index in [0.717, 1.165) is 18.8 Å². The molecule has 0 aromatic heterocycles. The average molecular weight is 225 g/mol. The van der Waals surface area contributed by atoms with Crippen molar-refractivity contribution < 1.29 is 4.74 Å². The van der Waals surface area contributed by atoms with Gasteiger partial charge in [-0.1, -0.05) is 6.58 Å². The fraction of sp³-hybridized carbons (Fsp3) is 0.600. The van der Waals surface area contributed by atoms with Gasteiger partial charge in [0.05, 0.1) is 42.6 Å². The second kappa shape index (κ2) is 2.68. The maximum absolute atomic E-state index is 5.11. The van der Waals surface area contributed by atoms with Crippen molar-refractivity contribution in [3.05, 3.63) is 12.3 Å². The van der Waals surface area contributed by atoms with Gasteiger partial charge in [-0.05, 0) is 0 Å². The lowest BCUT2D eigenvalue weighted by atomic mass is 10.4. The van der Waals surface area contributed by atoms with E-state index < -0.39 is 0 Å². The first-order chi connectivity index (χ1) is 3.80. The van der Waals surface area contributed by atoms with Crippen molar-refractivity contribution in [2.75, 3.05) is 19.8 Å². The third-order valence-electron chi connectivity index (χ3n) is 1.04.